The summed E-state index contributed by atoms with van der Waals surface area (Å²) in [7, 11) is 3.29. The van der Waals surface area contributed by atoms with Crippen LogP contribution in [0.25, 0.3) is 10.9 Å². The van der Waals surface area contributed by atoms with Gasteiger partial charge < -0.3 is 20.1 Å². The molecule has 0 saturated carbocycles. The molecule has 0 amide bonds. The zero-order valence-corrected chi connectivity index (χ0v) is 20.0. The maximum atomic E-state index is 5.38. The van der Waals surface area contributed by atoms with Gasteiger partial charge in [-0.3, -0.25) is 4.98 Å². The lowest BCUT2D eigenvalue weighted by Crippen LogP contribution is -2.38. The fourth-order valence-corrected chi connectivity index (χ4v) is 3.16. The van der Waals surface area contributed by atoms with Gasteiger partial charge in [0.25, 0.3) is 0 Å². The van der Waals surface area contributed by atoms with Crippen molar-refractivity contribution in [3.8, 4) is 11.5 Å². The van der Waals surface area contributed by atoms with E-state index in [2.05, 4.69) is 46.8 Å². The van der Waals surface area contributed by atoms with Crippen LogP contribution in [-0.4, -0.2) is 38.3 Å². The Bertz CT molecular complexity index is 973. The summed E-state index contributed by atoms with van der Waals surface area (Å²) >= 11 is 0. The zero-order chi connectivity index (χ0) is 20.5. The molecule has 0 saturated heterocycles. The number of hydrogen-bond acceptors (Lipinski definition) is 4. The molecule has 2 aromatic carbocycles. The van der Waals surface area contributed by atoms with E-state index < -0.39 is 0 Å². The summed E-state index contributed by atoms with van der Waals surface area (Å²) in [6, 6.07) is 16.2. The topological polar surface area (TPSA) is 67.8 Å². The molecule has 0 aliphatic heterocycles. The van der Waals surface area contributed by atoms with Gasteiger partial charge in [-0.2, -0.15) is 0 Å². The first-order chi connectivity index (χ1) is 14.2. The van der Waals surface area contributed by atoms with Gasteiger partial charge in [-0.05, 0) is 42.7 Å². The van der Waals surface area contributed by atoms with Crippen molar-refractivity contribution in [2.45, 2.75) is 19.9 Å². The largest absolute Gasteiger partial charge is 0.493 e. The molecule has 3 aromatic rings. The molecule has 0 radical (unpaired) electrons. The van der Waals surface area contributed by atoms with Crippen molar-refractivity contribution in [2.75, 3.05) is 27.3 Å². The highest BCUT2D eigenvalue weighted by atomic mass is 127. The van der Waals surface area contributed by atoms with Gasteiger partial charge in [0.15, 0.2) is 17.5 Å². The zero-order valence-electron chi connectivity index (χ0n) is 17.6. The number of rotatable bonds is 8. The molecular weight excluding hydrogens is 491 g/mol. The molecule has 1 heterocycles. The number of aromatic nitrogens is 1. The second-order valence-electron chi connectivity index (χ2n) is 6.55. The number of fused-ring (bicyclic) bond motifs is 1. The van der Waals surface area contributed by atoms with E-state index in [1.807, 2.05) is 30.5 Å². The molecule has 2 N–H and O–H groups in total. The molecule has 0 unspecified atom stereocenters. The number of pyridine rings is 1. The average Bonchev–Trinajstić information content (AvgIpc) is 2.77. The second kappa shape index (κ2) is 12.2. The highest BCUT2D eigenvalue weighted by Crippen LogP contribution is 2.27. The third kappa shape index (κ3) is 6.22. The number of ether oxygens (including phenoxy) is 2. The minimum atomic E-state index is 0. The molecule has 1 aromatic heterocycles. The van der Waals surface area contributed by atoms with Crippen LogP contribution in [0.5, 0.6) is 11.5 Å². The number of halogens is 1. The van der Waals surface area contributed by atoms with E-state index in [4.69, 9.17) is 14.5 Å². The van der Waals surface area contributed by atoms with Crippen molar-refractivity contribution >= 4 is 40.8 Å². The Labute approximate surface area is 195 Å². The lowest BCUT2D eigenvalue weighted by molar-refractivity contribution is 0.354. The van der Waals surface area contributed by atoms with Gasteiger partial charge in [0.1, 0.15) is 0 Å². The monoisotopic (exact) mass is 520 g/mol. The minimum Gasteiger partial charge on any atom is -0.493 e. The van der Waals surface area contributed by atoms with Crippen LogP contribution >= 0.6 is 24.0 Å². The number of para-hydroxylation sites is 1. The van der Waals surface area contributed by atoms with E-state index in [0.29, 0.717) is 6.54 Å². The van der Waals surface area contributed by atoms with E-state index in [1.54, 1.807) is 14.2 Å². The molecule has 6 nitrogen and oxygen atoms in total. The van der Waals surface area contributed by atoms with Crippen LogP contribution in [-0.2, 0) is 13.0 Å². The molecule has 0 spiro atoms. The number of aliphatic imine (C=N–C) groups is 1. The number of methoxy groups -OCH3 is 2. The predicted molar refractivity (Wildman–Crippen MR) is 133 cm³/mol. The standard InChI is InChI=1S/C23H28N4O2.HI/c1-4-24-23(26-14-12-17-10-11-20(28-2)21(15-17)29-3)27-16-19-8-5-7-18-9-6-13-25-22(18)19;/h5-11,13,15H,4,12,14,16H2,1-3H3,(H2,24,26,27);1H. The summed E-state index contributed by atoms with van der Waals surface area (Å²) < 4.78 is 10.7. The molecule has 0 fully saturated rings. The Morgan fingerprint density at radius 3 is 2.57 bits per heavy atom. The number of nitrogens with zero attached hydrogens (tertiary/aromatic N) is 2. The van der Waals surface area contributed by atoms with Crippen molar-refractivity contribution in [3.63, 3.8) is 0 Å². The van der Waals surface area contributed by atoms with Gasteiger partial charge in [-0.1, -0.05) is 30.3 Å². The van der Waals surface area contributed by atoms with Crippen LogP contribution in [0.4, 0.5) is 0 Å². The average molecular weight is 520 g/mol. The number of guanidine groups is 1. The first kappa shape index (κ1) is 23.7. The Morgan fingerprint density at radius 2 is 1.80 bits per heavy atom. The number of benzene rings is 2. The molecule has 0 atom stereocenters. The van der Waals surface area contributed by atoms with Gasteiger partial charge in [-0.15, -0.1) is 24.0 Å². The molecule has 3 rings (SSSR count). The smallest absolute Gasteiger partial charge is 0.191 e. The number of nitrogens with one attached hydrogen (secondary N) is 2. The van der Waals surface area contributed by atoms with Crippen molar-refractivity contribution in [1.82, 2.24) is 15.6 Å². The lowest BCUT2D eigenvalue weighted by Gasteiger charge is -2.13. The minimum absolute atomic E-state index is 0. The summed E-state index contributed by atoms with van der Waals surface area (Å²) in [4.78, 5) is 9.24. The maximum absolute atomic E-state index is 5.38. The first-order valence-corrected chi connectivity index (χ1v) is 9.81. The van der Waals surface area contributed by atoms with Gasteiger partial charge in [0.05, 0.1) is 26.3 Å². The fourth-order valence-electron chi connectivity index (χ4n) is 3.16. The summed E-state index contributed by atoms with van der Waals surface area (Å²) in [6.07, 6.45) is 2.67. The SMILES string of the molecule is CCNC(=NCc1cccc2cccnc12)NCCc1ccc(OC)c(OC)c1.I. The van der Waals surface area contributed by atoms with Crippen molar-refractivity contribution in [1.29, 1.82) is 0 Å². The van der Waals surface area contributed by atoms with E-state index >= 15 is 0 Å². The molecule has 0 aliphatic carbocycles. The fraction of sp³-hybridized carbons (Fsp3) is 0.304. The van der Waals surface area contributed by atoms with E-state index in [-0.39, 0.29) is 24.0 Å². The van der Waals surface area contributed by atoms with Crippen molar-refractivity contribution in [3.05, 3.63) is 65.9 Å². The van der Waals surface area contributed by atoms with Gasteiger partial charge in [0, 0.05) is 24.7 Å². The summed E-state index contributed by atoms with van der Waals surface area (Å²) in [5.74, 6) is 2.28. The van der Waals surface area contributed by atoms with Crippen LogP contribution in [0.2, 0.25) is 0 Å². The highest BCUT2D eigenvalue weighted by molar-refractivity contribution is 14.0. The first-order valence-electron chi connectivity index (χ1n) is 9.81. The van der Waals surface area contributed by atoms with Gasteiger partial charge >= 0.3 is 0 Å². The maximum Gasteiger partial charge on any atom is 0.191 e. The number of hydrogen-bond donors (Lipinski definition) is 2. The molecule has 0 aliphatic rings. The van der Waals surface area contributed by atoms with Crippen LogP contribution in [0.3, 0.4) is 0 Å². The van der Waals surface area contributed by atoms with Crippen LogP contribution in [0.1, 0.15) is 18.1 Å². The summed E-state index contributed by atoms with van der Waals surface area (Å²) in [5, 5.41) is 7.83. The van der Waals surface area contributed by atoms with E-state index in [0.717, 1.165) is 53.4 Å². The summed E-state index contributed by atoms with van der Waals surface area (Å²) in [5.41, 5.74) is 3.28. The second-order valence-corrected chi connectivity index (χ2v) is 6.55. The molecular formula is C23H29IN4O2. The van der Waals surface area contributed by atoms with Crippen LogP contribution in [0.15, 0.2) is 59.7 Å². The predicted octanol–water partition coefficient (Wildman–Crippen LogP) is 4.17. The Morgan fingerprint density at radius 1 is 1.00 bits per heavy atom. The Hall–Kier alpha value is -2.55. The molecule has 7 heteroatoms. The van der Waals surface area contributed by atoms with Crippen molar-refractivity contribution in [2.24, 2.45) is 4.99 Å². The molecule has 0 bridgehead atoms. The lowest BCUT2D eigenvalue weighted by atomic mass is 10.1. The summed E-state index contributed by atoms with van der Waals surface area (Å²) in [6.45, 7) is 4.19. The molecule has 30 heavy (non-hydrogen) atoms. The Kier molecular flexibility index (Phi) is 9.66. The normalized spacial score (nSPS) is 11.0. The van der Waals surface area contributed by atoms with Gasteiger partial charge in [-0.25, -0.2) is 4.99 Å². The highest BCUT2D eigenvalue weighted by Gasteiger charge is 2.06. The van der Waals surface area contributed by atoms with Gasteiger partial charge in [0.2, 0.25) is 0 Å². The van der Waals surface area contributed by atoms with Crippen LogP contribution < -0.4 is 20.1 Å². The Balaban J connectivity index is 0.00000320. The third-order valence-electron chi connectivity index (χ3n) is 4.62. The third-order valence-corrected chi connectivity index (χ3v) is 4.62. The van der Waals surface area contributed by atoms with Crippen LogP contribution in [0, 0.1) is 0 Å². The van der Waals surface area contributed by atoms with E-state index in [1.165, 1.54) is 5.56 Å². The van der Waals surface area contributed by atoms with Crippen molar-refractivity contribution < 1.29 is 9.47 Å². The van der Waals surface area contributed by atoms with E-state index in [9.17, 15) is 0 Å². The molecule has 160 valence electrons. The quantitative estimate of drug-likeness (QED) is 0.265.